The fourth-order valence-corrected chi connectivity index (χ4v) is 2.89. The van der Waals surface area contributed by atoms with Gasteiger partial charge in [0.1, 0.15) is 5.75 Å². The van der Waals surface area contributed by atoms with Crippen molar-refractivity contribution in [3.05, 3.63) is 54.1 Å². The van der Waals surface area contributed by atoms with Crippen molar-refractivity contribution in [3.63, 3.8) is 0 Å². The number of hydrogen-bond donors (Lipinski definition) is 1. The van der Waals surface area contributed by atoms with Gasteiger partial charge < -0.3 is 15.0 Å². The highest BCUT2D eigenvalue weighted by Crippen LogP contribution is 2.21. The van der Waals surface area contributed by atoms with E-state index in [0.29, 0.717) is 22.7 Å². The molecule has 156 valence electrons. The summed E-state index contributed by atoms with van der Waals surface area (Å²) >= 11 is 0. The molecule has 9 heteroatoms. The highest BCUT2D eigenvalue weighted by molar-refractivity contribution is 7.92. The minimum Gasteiger partial charge on any atom is -0.481 e. The summed E-state index contributed by atoms with van der Waals surface area (Å²) in [5, 5.41) is 2.73. The molecule has 1 unspecified atom stereocenters. The molecular formula is C20H25N3O5S. The molecule has 0 saturated carbocycles. The van der Waals surface area contributed by atoms with E-state index in [1.807, 2.05) is 0 Å². The lowest BCUT2D eigenvalue weighted by molar-refractivity contribution is -0.122. The molecule has 1 N–H and O–H groups in total. The molecule has 2 amide bonds. The number of benzene rings is 2. The number of carbonyl (C=O) groups excluding carboxylic acids is 2. The molecule has 0 fully saturated rings. The smallest absolute Gasteiger partial charge is 0.265 e. The van der Waals surface area contributed by atoms with Crippen molar-refractivity contribution < 1.29 is 22.7 Å². The zero-order valence-corrected chi connectivity index (χ0v) is 17.9. The second kappa shape index (κ2) is 8.95. The lowest BCUT2D eigenvalue weighted by atomic mass is 10.2. The topological polar surface area (TPSA) is 96.0 Å². The third-order valence-corrected chi connectivity index (χ3v) is 5.39. The van der Waals surface area contributed by atoms with Crippen molar-refractivity contribution in [1.29, 1.82) is 0 Å². The maximum atomic E-state index is 12.4. The van der Waals surface area contributed by atoms with Gasteiger partial charge in [-0.3, -0.25) is 13.9 Å². The van der Waals surface area contributed by atoms with Crippen LogP contribution in [0.25, 0.3) is 0 Å². The third-order valence-electron chi connectivity index (χ3n) is 4.19. The summed E-state index contributed by atoms with van der Waals surface area (Å²) in [6.45, 7) is 1.61. The van der Waals surface area contributed by atoms with Crippen molar-refractivity contribution in [2.75, 3.05) is 37.0 Å². The first-order valence-electron chi connectivity index (χ1n) is 8.82. The first-order valence-corrected chi connectivity index (χ1v) is 10.7. The zero-order valence-electron chi connectivity index (χ0n) is 17.0. The van der Waals surface area contributed by atoms with Crippen molar-refractivity contribution in [3.8, 4) is 5.75 Å². The number of nitrogens with zero attached hydrogens (tertiary/aromatic N) is 2. The van der Waals surface area contributed by atoms with Gasteiger partial charge in [-0.2, -0.15) is 0 Å². The fourth-order valence-electron chi connectivity index (χ4n) is 2.38. The number of anilines is 2. The van der Waals surface area contributed by atoms with Crippen LogP contribution in [0.15, 0.2) is 48.5 Å². The molecular weight excluding hydrogens is 394 g/mol. The molecule has 2 rings (SSSR count). The van der Waals surface area contributed by atoms with E-state index in [-0.39, 0.29) is 11.8 Å². The fraction of sp³-hybridized carbons (Fsp3) is 0.300. The molecule has 0 aliphatic carbocycles. The summed E-state index contributed by atoms with van der Waals surface area (Å²) in [6.07, 6.45) is 0.337. The molecule has 0 saturated heterocycles. The van der Waals surface area contributed by atoms with Crippen LogP contribution in [0.4, 0.5) is 11.4 Å². The van der Waals surface area contributed by atoms with E-state index in [1.165, 1.54) is 11.9 Å². The average molecular weight is 420 g/mol. The zero-order chi connectivity index (χ0) is 21.8. The predicted octanol–water partition coefficient (Wildman–Crippen LogP) is 2.19. The van der Waals surface area contributed by atoms with Gasteiger partial charge >= 0.3 is 0 Å². The third kappa shape index (κ3) is 5.95. The van der Waals surface area contributed by atoms with Gasteiger partial charge in [0.05, 0.1) is 11.9 Å². The molecule has 0 aliphatic rings. The summed E-state index contributed by atoms with van der Waals surface area (Å²) in [7, 11) is 1.45. The minimum atomic E-state index is -3.35. The highest BCUT2D eigenvalue weighted by atomic mass is 32.2. The molecule has 1 atom stereocenters. The number of carbonyl (C=O) groups is 2. The number of sulfonamides is 1. The van der Waals surface area contributed by atoms with E-state index in [0.717, 1.165) is 10.6 Å². The Bertz CT molecular complexity index is 970. The maximum absolute atomic E-state index is 12.4. The quantitative estimate of drug-likeness (QED) is 0.742. The molecule has 0 bridgehead atoms. The standard InChI is InChI=1S/C20H25N3O5S/c1-14(28-18-12-10-17(11-13-18)23(4)29(5,26)27)19(24)21-16-8-6-15(7-9-16)20(25)22(2)3/h6-14H,1-5H3,(H,21,24). The van der Waals surface area contributed by atoms with E-state index in [1.54, 1.807) is 69.6 Å². The van der Waals surface area contributed by atoms with Crippen LogP contribution in [0, 0.1) is 0 Å². The first kappa shape index (κ1) is 22.2. The number of ether oxygens (including phenoxy) is 1. The summed E-state index contributed by atoms with van der Waals surface area (Å²) in [6, 6.07) is 13.0. The summed E-state index contributed by atoms with van der Waals surface area (Å²) in [4.78, 5) is 25.7. The van der Waals surface area contributed by atoms with Crippen LogP contribution in [0.1, 0.15) is 17.3 Å². The van der Waals surface area contributed by atoms with Gasteiger partial charge in [-0.25, -0.2) is 8.42 Å². The van der Waals surface area contributed by atoms with Crippen LogP contribution in [0.3, 0.4) is 0 Å². The molecule has 29 heavy (non-hydrogen) atoms. The van der Waals surface area contributed by atoms with E-state index in [2.05, 4.69) is 5.32 Å². The monoisotopic (exact) mass is 419 g/mol. The van der Waals surface area contributed by atoms with Crippen LogP contribution in [0.2, 0.25) is 0 Å². The van der Waals surface area contributed by atoms with Gasteiger partial charge in [-0.1, -0.05) is 0 Å². The maximum Gasteiger partial charge on any atom is 0.265 e. The Kier molecular flexibility index (Phi) is 6.86. The van der Waals surface area contributed by atoms with E-state index in [4.69, 9.17) is 4.74 Å². The van der Waals surface area contributed by atoms with Crippen LogP contribution in [-0.2, 0) is 14.8 Å². The molecule has 0 heterocycles. The second-order valence-corrected chi connectivity index (χ2v) is 8.76. The van der Waals surface area contributed by atoms with Gasteiger partial charge in [0.2, 0.25) is 10.0 Å². The number of rotatable bonds is 7. The number of nitrogens with one attached hydrogen (secondary N) is 1. The van der Waals surface area contributed by atoms with Crippen molar-refractivity contribution in [1.82, 2.24) is 4.90 Å². The molecule has 8 nitrogen and oxygen atoms in total. The summed E-state index contributed by atoms with van der Waals surface area (Å²) < 4.78 is 29.9. The Labute approximate surface area is 171 Å². The average Bonchev–Trinajstić information content (AvgIpc) is 2.67. The first-order chi connectivity index (χ1) is 13.5. The molecule has 2 aromatic rings. The Hall–Kier alpha value is -3.07. The largest absolute Gasteiger partial charge is 0.481 e. The van der Waals surface area contributed by atoms with Crippen LogP contribution < -0.4 is 14.4 Å². The Morgan fingerprint density at radius 3 is 2.00 bits per heavy atom. The lowest BCUT2D eigenvalue weighted by Gasteiger charge is -2.18. The van der Waals surface area contributed by atoms with Crippen LogP contribution in [0.5, 0.6) is 5.75 Å². The predicted molar refractivity (Wildman–Crippen MR) is 113 cm³/mol. The molecule has 0 aliphatic heterocycles. The molecule has 0 spiro atoms. The van der Waals surface area contributed by atoms with E-state index in [9.17, 15) is 18.0 Å². The summed E-state index contributed by atoms with van der Waals surface area (Å²) in [5.74, 6) is -0.0382. The Morgan fingerprint density at radius 2 is 1.52 bits per heavy atom. The van der Waals surface area contributed by atoms with Crippen molar-refractivity contribution in [2.45, 2.75) is 13.0 Å². The van der Waals surface area contributed by atoms with Gasteiger partial charge in [0.25, 0.3) is 11.8 Å². The Balaban J connectivity index is 1.98. The Morgan fingerprint density at radius 1 is 0.966 bits per heavy atom. The van der Waals surface area contributed by atoms with Crippen LogP contribution in [-0.4, -0.2) is 58.6 Å². The number of amides is 2. The SMILES string of the molecule is CC(Oc1ccc(N(C)S(C)(=O)=O)cc1)C(=O)Nc1ccc(C(=O)N(C)C)cc1. The van der Waals surface area contributed by atoms with Crippen molar-refractivity contribution >= 4 is 33.2 Å². The van der Waals surface area contributed by atoms with Gasteiger partial charge in [0.15, 0.2) is 6.10 Å². The van der Waals surface area contributed by atoms with E-state index >= 15 is 0 Å². The number of hydrogen-bond acceptors (Lipinski definition) is 5. The van der Waals surface area contributed by atoms with Gasteiger partial charge in [-0.15, -0.1) is 0 Å². The lowest BCUT2D eigenvalue weighted by Crippen LogP contribution is -2.30. The van der Waals surface area contributed by atoms with Gasteiger partial charge in [-0.05, 0) is 55.5 Å². The molecule has 0 aromatic heterocycles. The minimum absolute atomic E-state index is 0.121. The van der Waals surface area contributed by atoms with Crippen LogP contribution >= 0.6 is 0 Å². The van der Waals surface area contributed by atoms with E-state index < -0.39 is 16.1 Å². The highest BCUT2D eigenvalue weighted by Gasteiger charge is 2.16. The molecule has 2 aromatic carbocycles. The second-order valence-electron chi connectivity index (χ2n) is 6.75. The van der Waals surface area contributed by atoms with Gasteiger partial charge in [0, 0.05) is 32.4 Å². The summed E-state index contributed by atoms with van der Waals surface area (Å²) in [5.41, 5.74) is 1.56. The molecule has 0 radical (unpaired) electrons. The van der Waals surface area contributed by atoms with Crippen molar-refractivity contribution in [2.24, 2.45) is 0 Å². The normalized spacial score (nSPS) is 12.0.